The van der Waals surface area contributed by atoms with E-state index in [-0.39, 0.29) is 5.02 Å². The van der Waals surface area contributed by atoms with E-state index in [1.165, 1.54) is 0 Å². The van der Waals surface area contributed by atoms with Gasteiger partial charge in [-0.3, -0.25) is 0 Å². The molecule has 2 N–H and O–H groups in total. The average Bonchev–Trinajstić information content (AvgIpc) is 2.14. The second-order valence-corrected chi connectivity index (χ2v) is 3.69. The highest BCUT2D eigenvalue weighted by molar-refractivity contribution is 6.30. The summed E-state index contributed by atoms with van der Waals surface area (Å²) in [7, 11) is 0. The first-order valence-corrected chi connectivity index (χ1v) is 4.60. The summed E-state index contributed by atoms with van der Waals surface area (Å²) in [6, 6.07) is -0.722. The molecule has 1 nitrogen and oxygen atoms in total. The molecule has 0 heterocycles. The van der Waals surface area contributed by atoms with Gasteiger partial charge in [-0.1, -0.05) is 17.7 Å². The summed E-state index contributed by atoms with van der Waals surface area (Å²) in [6.45, 7) is 0. The summed E-state index contributed by atoms with van der Waals surface area (Å²) in [5.41, 5.74) is 2.23. The third-order valence-electron chi connectivity index (χ3n) is 2.01. The van der Waals surface area contributed by atoms with Crippen LogP contribution in [0, 0.1) is 0 Å². The Kier molecular flexibility index (Phi) is 3.63. The van der Waals surface area contributed by atoms with Crippen molar-refractivity contribution in [2.75, 3.05) is 0 Å². The minimum Gasteiger partial charge on any atom is -0.316 e. The van der Waals surface area contributed by atoms with Gasteiger partial charge in [0.25, 0.3) is 0 Å². The summed E-state index contributed by atoms with van der Waals surface area (Å²) < 4.78 is 74.3. The Morgan fingerprint density at radius 2 is 1.59 bits per heavy atom. The molecule has 8 heteroatoms. The number of alkyl halides is 6. The molecule has 1 atom stereocenters. The highest BCUT2D eigenvalue weighted by Crippen LogP contribution is 2.40. The van der Waals surface area contributed by atoms with Crippen LogP contribution in [0.1, 0.15) is 17.2 Å². The van der Waals surface area contributed by atoms with E-state index in [1.807, 2.05) is 0 Å². The third-order valence-corrected chi connectivity index (χ3v) is 2.24. The third kappa shape index (κ3) is 3.26. The Morgan fingerprint density at radius 3 is 2.00 bits per heavy atom. The fraction of sp³-hybridized carbons (Fsp3) is 0.333. The fourth-order valence-corrected chi connectivity index (χ4v) is 1.39. The molecule has 0 saturated carbocycles. The predicted molar refractivity (Wildman–Crippen MR) is 49.4 cm³/mol. The zero-order valence-electron chi connectivity index (χ0n) is 8.03. The molecule has 0 aliphatic heterocycles. The maximum Gasteiger partial charge on any atom is 0.416 e. The molecule has 0 unspecified atom stereocenters. The van der Waals surface area contributed by atoms with E-state index in [9.17, 15) is 26.3 Å². The van der Waals surface area contributed by atoms with Crippen LogP contribution in [0.3, 0.4) is 0 Å². The fourth-order valence-electron chi connectivity index (χ4n) is 1.22. The zero-order chi connectivity index (χ0) is 13.4. The van der Waals surface area contributed by atoms with E-state index in [0.717, 1.165) is 6.07 Å². The molecule has 0 aromatic heterocycles. The molecule has 0 saturated heterocycles. The summed E-state index contributed by atoms with van der Waals surface area (Å²) in [6.07, 6.45) is -9.89. The van der Waals surface area contributed by atoms with Crippen LogP contribution in [0.5, 0.6) is 0 Å². The van der Waals surface area contributed by atoms with Gasteiger partial charge in [0, 0.05) is 5.02 Å². The van der Waals surface area contributed by atoms with E-state index in [0.29, 0.717) is 12.1 Å². The smallest absolute Gasteiger partial charge is 0.316 e. The van der Waals surface area contributed by atoms with Gasteiger partial charge in [0.05, 0.1) is 5.56 Å². The van der Waals surface area contributed by atoms with Crippen molar-refractivity contribution in [3.05, 3.63) is 34.3 Å². The van der Waals surface area contributed by atoms with Gasteiger partial charge in [0.2, 0.25) is 0 Å². The van der Waals surface area contributed by atoms with Crippen LogP contribution >= 0.6 is 11.6 Å². The lowest BCUT2D eigenvalue weighted by molar-refractivity contribution is -0.155. The number of hydrogen-bond acceptors (Lipinski definition) is 1. The maximum atomic E-state index is 12.5. The minimum absolute atomic E-state index is 0.310. The molecule has 0 aliphatic carbocycles. The number of rotatable bonds is 1. The number of nitrogens with two attached hydrogens (primary N) is 1. The number of hydrogen-bond donors (Lipinski definition) is 1. The standard InChI is InChI=1S/C9H6ClF6N/c10-4-1-2-5(7(17)9(14,15)16)6(3-4)8(11,12)13/h1-3,7H,17H2/t7-/m1/s1. The topological polar surface area (TPSA) is 26.0 Å². The van der Waals surface area contributed by atoms with Crippen molar-refractivity contribution in [2.24, 2.45) is 5.73 Å². The highest BCUT2D eigenvalue weighted by Gasteiger charge is 2.43. The molecule has 1 aromatic carbocycles. The van der Waals surface area contributed by atoms with E-state index in [1.54, 1.807) is 0 Å². The predicted octanol–water partition coefficient (Wildman–Crippen LogP) is 3.92. The number of halogens is 7. The van der Waals surface area contributed by atoms with Gasteiger partial charge in [-0.05, 0) is 17.7 Å². The largest absolute Gasteiger partial charge is 0.416 e. The van der Waals surface area contributed by atoms with Crippen molar-refractivity contribution in [1.29, 1.82) is 0 Å². The first-order valence-electron chi connectivity index (χ1n) is 4.22. The SMILES string of the molecule is N[C@H](c1ccc(Cl)cc1C(F)(F)F)C(F)(F)F. The second-order valence-electron chi connectivity index (χ2n) is 3.25. The molecule has 0 fully saturated rings. The normalized spacial score (nSPS) is 14.8. The lowest BCUT2D eigenvalue weighted by Crippen LogP contribution is -2.30. The summed E-state index contributed by atoms with van der Waals surface area (Å²) in [4.78, 5) is 0. The first kappa shape index (κ1) is 14.1. The average molecular weight is 278 g/mol. The van der Waals surface area contributed by atoms with E-state index in [4.69, 9.17) is 17.3 Å². The maximum absolute atomic E-state index is 12.5. The quantitative estimate of drug-likeness (QED) is 0.774. The minimum atomic E-state index is -4.95. The van der Waals surface area contributed by atoms with Crippen molar-refractivity contribution in [2.45, 2.75) is 18.4 Å². The molecule has 1 rings (SSSR count). The van der Waals surface area contributed by atoms with Crippen molar-refractivity contribution < 1.29 is 26.3 Å². The van der Waals surface area contributed by atoms with Crippen LogP contribution in [0.2, 0.25) is 5.02 Å². The second kappa shape index (κ2) is 4.38. The van der Waals surface area contributed by atoms with Crippen LogP contribution in [0.15, 0.2) is 18.2 Å². The van der Waals surface area contributed by atoms with Crippen molar-refractivity contribution >= 4 is 11.6 Å². The van der Waals surface area contributed by atoms with Gasteiger partial charge >= 0.3 is 12.4 Å². The monoisotopic (exact) mass is 277 g/mol. The van der Waals surface area contributed by atoms with E-state index in [2.05, 4.69) is 0 Å². The van der Waals surface area contributed by atoms with Gasteiger partial charge in [-0.25, -0.2) is 0 Å². The van der Waals surface area contributed by atoms with E-state index >= 15 is 0 Å². The summed E-state index contributed by atoms with van der Waals surface area (Å²) in [5.74, 6) is 0. The Balaban J connectivity index is 3.34. The van der Waals surface area contributed by atoms with Gasteiger partial charge in [0.1, 0.15) is 6.04 Å². The van der Waals surface area contributed by atoms with Crippen LogP contribution in [-0.4, -0.2) is 6.18 Å². The Morgan fingerprint density at radius 1 is 1.06 bits per heavy atom. The van der Waals surface area contributed by atoms with Crippen molar-refractivity contribution in [1.82, 2.24) is 0 Å². The molecule has 1 aromatic rings. The first-order chi connectivity index (χ1) is 7.53. The molecular formula is C9H6ClF6N. The Hall–Kier alpha value is -0.950. The highest BCUT2D eigenvalue weighted by atomic mass is 35.5. The molecule has 17 heavy (non-hydrogen) atoms. The Labute approximate surface area is 97.2 Å². The van der Waals surface area contributed by atoms with Gasteiger partial charge < -0.3 is 5.73 Å². The molecule has 0 radical (unpaired) electrons. The van der Waals surface area contributed by atoms with Crippen LogP contribution < -0.4 is 5.73 Å². The van der Waals surface area contributed by atoms with Crippen molar-refractivity contribution in [3.63, 3.8) is 0 Å². The molecule has 0 spiro atoms. The van der Waals surface area contributed by atoms with Gasteiger partial charge in [-0.2, -0.15) is 26.3 Å². The summed E-state index contributed by atoms with van der Waals surface area (Å²) >= 11 is 5.32. The van der Waals surface area contributed by atoms with E-state index < -0.39 is 29.5 Å². The zero-order valence-corrected chi connectivity index (χ0v) is 8.79. The molecular weight excluding hydrogens is 272 g/mol. The summed E-state index contributed by atoms with van der Waals surface area (Å²) in [5, 5.41) is -0.310. The Bertz CT molecular complexity index is 411. The molecule has 0 amide bonds. The lowest BCUT2D eigenvalue weighted by atomic mass is 10.00. The lowest BCUT2D eigenvalue weighted by Gasteiger charge is -2.20. The molecule has 0 bridgehead atoms. The van der Waals surface area contributed by atoms with Crippen LogP contribution in [-0.2, 0) is 6.18 Å². The molecule has 96 valence electrons. The van der Waals surface area contributed by atoms with Crippen molar-refractivity contribution in [3.8, 4) is 0 Å². The van der Waals surface area contributed by atoms with Gasteiger partial charge in [-0.15, -0.1) is 0 Å². The molecule has 0 aliphatic rings. The van der Waals surface area contributed by atoms with Crippen LogP contribution in [0.25, 0.3) is 0 Å². The number of benzene rings is 1. The van der Waals surface area contributed by atoms with Gasteiger partial charge in [0.15, 0.2) is 0 Å². The van der Waals surface area contributed by atoms with Crippen LogP contribution in [0.4, 0.5) is 26.3 Å².